The van der Waals surface area contributed by atoms with Crippen LogP contribution < -0.4 is 5.32 Å². The van der Waals surface area contributed by atoms with Crippen LogP contribution in [0.25, 0.3) is 10.6 Å². The lowest BCUT2D eigenvalue weighted by atomic mass is 10.3. The van der Waals surface area contributed by atoms with Crippen molar-refractivity contribution in [2.24, 2.45) is 7.05 Å². The number of aryl methyl sites for hydroxylation is 1. The van der Waals surface area contributed by atoms with Gasteiger partial charge in [0.15, 0.2) is 5.69 Å². The quantitative estimate of drug-likeness (QED) is 0.742. The summed E-state index contributed by atoms with van der Waals surface area (Å²) in [6.07, 6.45) is 2.27. The predicted molar refractivity (Wildman–Crippen MR) is 78.9 cm³/mol. The van der Waals surface area contributed by atoms with Crippen molar-refractivity contribution in [3.8, 4) is 10.6 Å². The largest absolute Gasteiger partial charge is 0.350 e. The highest BCUT2D eigenvalue weighted by Gasteiger charge is 2.14. The SMILES string of the molecule is Cn1nc(C(=O)NCCc2cn[nH]n2)cc1-c1cccs1. The van der Waals surface area contributed by atoms with E-state index in [0.29, 0.717) is 18.7 Å². The molecular formula is C13H14N6OS. The predicted octanol–water partition coefficient (Wildman–Crippen LogP) is 1.24. The standard InChI is InChI=1S/C13H14N6OS/c1-19-11(12-3-2-6-21-12)7-10(17-19)13(20)14-5-4-9-8-15-18-16-9/h2-3,6-8H,4-5H2,1H3,(H,14,20)(H,15,16,18). The summed E-state index contributed by atoms with van der Waals surface area (Å²) in [5.74, 6) is -0.183. The zero-order valence-corrected chi connectivity index (χ0v) is 12.2. The van der Waals surface area contributed by atoms with Crippen LogP contribution in [0, 0.1) is 0 Å². The number of aromatic amines is 1. The monoisotopic (exact) mass is 302 g/mol. The second-order valence-electron chi connectivity index (χ2n) is 4.48. The molecule has 7 nitrogen and oxygen atoms in total. The van der Waals surface area contributed by atoms with Crippen molar-refractivity contribution in [2.75, 3.05) is 6.54 Å². The molecule has 0 aliphatic carbocycles. The molecule has 0 unspecified atom stereocenters. The molecule has 21 heavy (non-hydrogen) atoms. The van der Waals surface area contributed by atoms with Crippen LogP contribution in [-0.2, 0) is 13.5 Å². The number of H-pyrrole nitrogens is 1. The number of thiophene rings is 1. The van der Waals surface area contributed by atoms with Crippen molar-refractivity contribution in [1.82, 2.24) is 30.5 Å². The topological polar surface area (TPSA) is 88.5 Å². The lowest BCUT2D eigenvalue weighted by Gasteiger charge is -2.00. The molecular weight excluding hydrogens is 288 g/mol. The van der Waals surface area contributed by atoms with Crippen LogP contribution in [-0.4, -0.2) is 37.6 Å². The second-order valence-corrected chi connectivity index (χ2v) is 5.43. The van der Waals surface area contributed by atoms with Gasteiger partial charge < -0.3 is 5.32 Å². The molecule has 3 aromatic heterocycles. The molecule has 0 radical (unpaired) electrons. The molecule has 108 valence electrons. The van der Waals surface area contributed by atoms with E-state index < -0.39 is 0 Å². The Balaban J connectivity index is 1.64. The van der Waals surface area contributed by atoms with E-state index in [-0.39, 0.29) is 5.91 Å². The molecule has 0 aliphatic rings. The highest BCUT2D eigenvalue weighted by molar-refractivity contribution is 7.13. The number of hydrogen-bond acceptors (Lipinski definition) is 5. The summed E-state index contributed by atoms with van der Waals surface area (Å²) < 4.78 is 1.72. The third kappa shape index (κ3) is 3.00. The first-order valence-corrected chi connectivity index (χ1v) is 7.33. The summed E-state index contributed by atoms with van der Waals surface area (Å²) in [5.41, 5.74) is 2.17. The molecule has 3 aromatic rings. The zero-order chi connectivity index (χ0) is 14.7. The highest BCUT2D eigenvalue weighted by atomic mass is 32.1. The number of amides is 1. The molecule has 2 N–H and O–H groups in total. The lowest BCUT2D eigenvalue weighted by Crippen LogP contribution is -2.26. The molecule has 3 heterocycles. The summed E-state index contributed by atoms with van der Waals surface area (Å²) in [7, 11) is 1.83. The Bertz CT molecular complexity index is 716. The third-order valence-corrected chi connectivity index (χ3v) is 3.91. The fourth-order valence-corrected chi connectivity index (χ4v) is 2.75. The van der Waals surface area contributed by atoms with Crippen LogP contribution in [0.15, 0.2) is 29.8 Å². The minimum absolute atomic E-state index is 0.183. The van der Waals surface area contributed by atoms with Crippen LogP contribution in [0.5, 0.6) is 0 Å². The van der Waals surface area contributed by atoms with E-state index in [1.54, 1.807) is 28.3 Å². The minimum atomic E-state index is -0.183. The van der Waals surface area contributed by atoms with Gasteiger partial charge in [0.05, 0.1) is 22.5 Å². The Hall–Kier alpha value is -2.48. The van der Waals surface area contributed by atoms with E-state index in [2.05, 4.69) is 25.8 Å². The summed E-state index contributed by atoms with van der Waals surface area (Å²) in [4.78, 5) is 13.2. The van der Waals surface area contributed by atoms with Crippen molar-refractivity contribution >= 4 is 17.2 Å². The molecule has 0 aromatic carbocycles. The molecule has 0 saturated heterocycles. The lowest BCUT2D eigenvalue weighted by molar-refractivity contribution is 0.0948. The van der Waals surface area contributed by atoms with Gasteiger partial charge in [0.1, 0.15) is 0 Å². The molecule has 0 aliphatic heterocycles. The Kier molecular flexibility index (Phi) is 3.78. The first-order chi connectivity index (χ1) is 10.2. The van der Waals surface area contributed by atoms with Crippen molar-refractivity contribution in [3.05, 3.63) is 41.2 Å². The summed E-state index contributed by atoms with van der Waals surface area (Å²) >= 11 is 1.62. The second kappa shape index (κ2) is 5.88. The van der Waals surface area contributed by atoms with Crippen LogP contribution in [0.4, 0.5) is 0 Å². The number of nitrogens with zero attached hydrogens (tertiary/aromatic N) is 4. The number of aromatic nitrogens is 5. The maximum absolute atomic E-state index is 12.1. The molecule has 3 rings (SSSR count). The van der Waals surface area contributed by atoms with Gasteiger partial charge in [-0.05, 0) is 17.5 Å². The van der Waals surface area contributed by atoms with Crippen LogP contribution in [0.2, 0.25) is 0 Å². The van der Waals surface area contributed by atoms with Gasteiger partial charge in [0, 0.05) is 20.0 Å². The molecule has 0 spiro atoms. The van der Waals surface area contributed by atoms with E-state index in [9.17, 15) is 4.79 Å². The van der Waals surface area contributed by atoms with Gasteiger partial charge in [-0.2, -0.15) is 20.5 Å². The average Bonchev–Trinajstić information content (AvgIpc) is 3.19. The molecule has 0 bridgehead atoms. The van der Waals surface area contributed by atoms with Crippen molar-refractivity contribution in [3.63, 3.8) is 0 Å². The molecule has 0 atom stereocenters. The number of carbonyl (C=O) groups excluding carboxylic acids is 1. The summed E-state index contributed by atoms with van der Waals surface area (Å²) in [5, 5.41) is 19.3. The van der Waals surface area contributed by atoms with E-state index >= 15 is 0 Å². The number of rotatable bonds is 5. The van der Waals surface area contributed by atoms with Gasteiger partial charge in [-0.1, -0.05) is 6.07 Å². The highest BCUT2D eigenvalue weighted by Crippen LogP contribution is 2.24. The number of hydrogen-bond donors (Lipinski definition) is 2. The van der Waals surface area contributed by atoms with E-state index in [1.165, 1.54) is 0 Å². The van der Waals surface area contributed by atoms with Crippen molar-refractivity contribution in [2.45, 2.75) is 6.42 Å². The number of nitrogens with one attached hydrogen (secondary N) is 2. The van der Waals surface area contributed by atoms with Gasteiger partial charge in [-0.15, -0.1) is 11.3 Å². The number of carbonyl (C=O) groups is 1. The Morgan fingerprint density at radius 3 is 3.14 bits per heavy atom. The summed E-state index contributed by atoms with van der Waals surface area (Å²) in [6, 6.07) is 5.79. The Morgan fingerprint density at radius 2 is 2.43 bits per heavy atom. The molecule has 1 amide bonds. The Morgan fingerprint density at radius 1 is 1.52 bits per heavy atom. The van der Waals surface area contributed by atoms with Crippen LogP contribution >= 0.6 is 11.3 Å². The normalized spacial score (nSPS) is 10.7. The zero-order valence-electron chi connectivity index (χ0n) is 11.4. The summed E-state index contributed by atoms with van der Waals surface area (Å²) in [6.45, 7) is 0.496. The van der Waals surface area contributed by atoms with E-state index in [1.807, 2.05) is 24.6 Å². The van der Waals surface area contributed by atoms with E-state index in [0.717, 1.165) is 16.3 Å². The van der Waals surface area contributed by atoms with Crippen molar-refractivity contribution < 1.29 is 4.79 Å². The molecule has 0 saturated carbocycles. The van der Waals surface area contributed by atoms with Gasteiger partial charge in [-0.3, -0.25) is 9.48 Å². The fraction of sp³-hybridized carbons (Fsp3) is 0.231. The molecule has 0 fully saturated rings. The van der Waals surface area contributed by atoms with Gasteiger partial charge >= 0.3 is 0 Å². The van der Waals surface area contributed by atoms with Gasteiger partial charge in [-0.25, -0.2) is 0 Å². The minimum Gasteiger partial charge on any atom is -0.350 e. The Labute approximate surface area is 125 Å². The van der Waals surface area contributed by atoms with Gasteiger partial charge in [0.2, 0.25) is 0 Å². The maximum atomic E-state index is 12.1. The fourth-order valence-electron chi connectivity index (χ4n) is 1.97. The first kappa shape index (κ1) is 13.5. The van der Waals surface area contributed by atoms with Crippen LogP contribution in [0.3, 0.4) is 0 Å². The first-order valence-electron chi connectivity index (χ1n) is 6.45. The van der Waals surface area contributed by atoms with E-state index in [4.69, 9.17) is 0 Å². The molecule has 8 heteroatoms. The van der Waals surface area contributed by atoms with Crippen LogP contribution in [0.1, 0.15) is 16.2 Å². The maximum Gasteiger partial charge on any atom is 0.271 e. The average molecular weight is 302 g/mol. The van der Waals surface area contributed by atoms with Gasteiger partial charge in [0.25, 0.3) is 5.91 Å². The smallest absolute Gasteiger partial charge is 0.271 e. The third-order valence-electron chi connectivity index (χ3n) is 3.02. The van der Waals surface area contributed by atoms with Crippen molar-refractivity contribution in [1.29, 1.82) is 0 Å².